The molecule has 1 unspecified atom stereocenters. The summed E-state index contributed by atoms with van der Waals surface area (Å²) in [5, 5.41) is 0. The van der Waals surface area contributed by atoms with Crippen LogP contribution >= 0.6 is 0 Å². The molecule has 4 nitrogen and oxygen atoms in total. The lowest BCUT2D eigenvalue weighted by atomic mass is 10.1. The molecular weight excluding hydrogens is 339 g/mol. The van der Waals surface area contributed by atoms with Crippen LogP contribution in [0.4, 0.5) is 4.39 Å². The van der Waals surface area contributed by atoms with Crippen molar-refractivity contribution >= 4 is 0 Å². The van der Waals surface area contributed by atoms with Gasteiger partial charge >= 0.3 is 0 Å². The van der Waals surface area contributed by atoms with E-state index in [-0.39, 0.29) is 5.82 Å². The molecule has 0 bridgehead atoms. The zero-order valence-corrected chi connectivity index (χ0v) is 15.7. The molecule has 0 spiro atoms. The first kappa shape index (κ1) is 17.9. The number of likely N-dealkylation sites (tertiary alicyclic amines) is 1. The van der Waals surface area contributed by atoms with Gasteiger partial charge in [0.2, 0.25) is 0 Å². The number of imidazole rings is 1. The number of pyridine rings is 1. The smallest absolute Gasteiger partial charge is 0.126 e. The molecule has 0 N–H and O–H groups in total. The number of nitrogens with zero attached hydrogens (tertiary/aromatic N) is 4. The summed E-state index contributed by atoms with van der Waals surface area (Å²) >= 11 is 0. The van der Waals surface area contributed by atoms with Crippen molar-refractivity contribution in [3.05, 3.63) is 83.5 Å². The summed E-state index contributed by atoms with van der Waals surface area (Å²) in [5.74, 6) is 0.936. The number of hydrogen-bond donors (Lipinski definition) is 0. The van der Waals surface area contributed by atoms with Crippen LogP contribution in [0.3, 0.4) is 0 Å². The van der Waals surface area contributed by atoms with Gasteiger partial charge in [-0.25, -0.2) is 9.37 Å². The third kappa shape index (κ3) is 3.93. The molecule has 0 radical (unpaired) electrons. The Kier molecular flexibility index (Phi) is 5.30. The highest BCUT2D eigenvalue weighted by molar-refractivity contribution is 5.25. The average molecular weight is 364 g/mol. The molecule has 1 fully saturated rings. The van der Waals surface area contributed by atoms with Gasteiger partial charge in [-0.1, -0.05) is 24.3 Å². The van der Waals surface area contributed by atoms with Crippen molar-refractivity contribution in [2.75, 3.05) is 6.54 Å². The summed E-state index contributed by atoms with van der Waals surface area (Å²) < 4.78 is 16.2. The summed E-state index contributed by atoms with van der Waals surface area (Å²) in [6.45, 7) is 4.97. The van der Waals surface area contributed by atoms with Gasteiger partial charge in [-0.2, -0.15) is 0 Å². The zero-order valence-electron chi connectivity index (χ0n) is 15.7. The topological polar surface area (TPSA) is 34.0 Å². The van der Waals surface area contributed by atoms with Crippen LogP contribution in [0.15, 0.2) is 54.9 Å². The molecule has 1 aliphatic rings. The second-order valence-corrected chi connectivity index (χ2v) is 7.08. The van der Waals surface area contributed by atoms with Gasteiger partial charge in [-0.15, -0.1) is 0 Å². The van der Waals surface area contributed by atoms with Crippen LogP contribution in [0, 0.1) is 5.82 Å². The van der Waals surface area contributed by atoms with E-state index in [0.29, 0.717) is 18.0 Å². The molecule has 1 atom stereocenters. The highest BCUT2D eigenvalue weighted by Crippen LogP contribution is 2.32. The van der Waals surface area contributed by atoms with Gasteiger partial charge in [-0.05, 0) is 50.1 Å². The Hall–Kier alpha value is -2.53. The van der Waals surface area contributed by atoms with Crippen LogP contribution in [-0.2, 0) is 19.5 Å². The lowest BCUT2D eigenvalue weighted by Crippen LogP contribution is -2.25. The summed E-state index contributed by atoms with van der Waals surface area (Å²) in [6.07, 6.45) is 6.69. The van der Waals surface area contributed by atoms with Crippen LogP contribution < -0.4 is 0 Å². The van der Waals surface area contributed by atoms with E-state index >= 15 is 0 Å². The fraction of sp³-hybridized carbons (Fsp3) is 0.364. The fourth-order valence-electron chi connectivity index (χ4n) is 3.93. The Morgan fingerprint density at radius 3 is 2.89 bits per heavy atom. The standard InChI is InChI=1S/C22H25FN4/c1-2-26-14-12-24-22(26)16-27-13-6-11-21(27)20-10-5-8-18(25-20)15-17-7-3-4-9-19(17)23/h3-5,7-10,12,14,21H,2,6,11,13,15-16H2,1H3. The Morgan fingerprint density at radius 2 is 2.04 bits per heavy atom. The van der Waals surface area contributed by atoms with Gasteiger partial charge in [-0.3, -0.25) is 9.88 Å². The van der Waals surface area contributed by atoms with Crippen molar-refractivity contribution in [3.63, 3.8) is 0 Å². The Morgan fingerprint density at radius 1 is 1.15 bits per heavy atom. The third-order valence-corrected chi connectivity index (χ3v) is 5.35. The van der Waals surface area contributed by atoms with E-state index < -0.39 is 0 Å². The summed E-state index contributed by atoms with van der Waals surface area (Å²) in [7, 11) is 0. The van der Waals surface area contributed by atoms with Crippen LogP contribution in [0.5, 0.6) is 0 Å². The van der Waals surface area contributed by atoms with E-state index in [9.17, 15) is 4.39 Å². The van der Waals surface area contributed by atoms with Gasteiger partial charge in [0.15, 0.2) is 0 Å². The van der Waals surface area contributed by atoms with Crippen molar-refractivity contribution in [3.8, 4) is 0 Å². The first-order valence-corrected chi connectivity index (χ1v) is 9.68. The second kappa shape index (κ2) is 8.01. The van der Waals surface area contributed by atoms with Crippen molar-refractivity contribution in [1.29, 1.82) is 0 Å². The molecular formula is C22H25FN4. The van der Waals surface area contributed by atoms with Gasteiger partial charge in [0.1, 0.15) is 11.6 Å². The monoisotopic (exact) mass is 364 g/mol. The van der Waals surface area contributed by atoms with E-state index in [0.717, 1.165) is 49.7 Å². The van der Waals surface area contributed by atoms with E-state index in [1.807, 2.05) is 36.7 Å². The largest absolute Gasteiger partial charge is 0.334 e. The number of benzene rings is 1. The zero-order chi connectivity index (χ0) is 18.6. The molecule has 5 heteroatoms. The van der Waals surface area contributed by atoms with Gasteiger partial charge in [0.25, 0.3) is 0 Å². The van der Waals surface area contributed by atoms with Crippen LogP contribution in [0.2, 0.25) is 0 Å². The van der Waals surface area contributed by atoms with Crippen molar-refractivity contribution in [2.45, 2.75) is 45.3 Å². The van der Waals surface area contributed by atoms with Crippen LogP contribution in [0.1, 0.15) is 48.6 Å². The Labute approximate surface area is 159 Å². The molecule has 3 heterocycles. The number of halogens is 1. The lowest BCUT2D eigenvalue weighted by Gasteiger charge is -2.24. The molecule has 0 saturated carbocycles. The number of rotatable bonds is 6. The normalized spacial score (nSPS) is 17.5. The number of hydrogen-bond acceptors (Lipinski definition) is 3. The maximum atomic E-state index is 14.0. The van der Waals surface area contributed by atoms with E-state index in [2.05, 4.69) is 27.4 Å². The molecule has 4 rings (SSSR count). The predicted molar refractivity (Wildman–Crippen MR) is 104 cm³/mol. The van der Waals surface area contributed by atoms with Crippen molar-refractivity contribution < 1.29 is 4.39 Å². The highest BCUT2D eigenvalue weighted by Gasteiger charge is 2.28. The third-order valence-electron chi connectivity index (χ3n) is 5.35. The minimum atomic E-state index is -0.168. The summed E-state index contributed by atoms with van der Waals surface area (Å²) in [6, 6.07) is 13.4. The molecule has 3 aromatic rings. The van der Waals surface area contributed by atoms with Gasteiger partial charge in [0.05, 0.1) is 18.3 Å². The van der Waals surface area contributed by atoms with Crippen molar-refractivity contribution in [1.82, 2.24) is 19.4 Å². The highest BCUT2D eigenvalue weighted by atomic mass is 19.1. The second-order valence-electron chi connectivity index (χ2n) is 7.08. The van der Waals surface area contributed by atoms with Gasteiger partial charge in [0, 0.05) is 31.1 Å². The van der Waals surface area contributed by atoms with E-state index in [1.54, 1.807) is 6.07 Å². The van der Waals surface area contributed by atoms with Crippen LogP contribution in [0.25, 0.3) is 0 Å². The molecule has 1 aliphatic heterocycles. The summed E-state index contributed by atoms with van der Waals surface area (Å²) in [4.78, 5) is 11.9. The minimum Gasteiger partial charge on any atom is -0.334 e. The van der Waals surface area contributed by atoms with E-state index in [4.69, 9.17) is 4.98 Å². The number of aromatic nitrogens is 3. The molecule has 27 heavy (non-hydrogen) atoms. The maximum absolute atomic E-state index is 14.0. The molecule has 1 aromatic carbocycles. The van der Waals surface area contributed by atoms with Crippen molar-refractivity contribution in [2.24, 2.45) is 0 Å². The SMILES string of the molecule is CCn1ccnc1CN1CCCC1c1cccc(Cc2ccccc2F)n1. The molecule has 2 aromatic heterocycles. The first-order chi connectivity index (χ1) is 13.2. The molecule has 0 amide bonds. The Balaban J connectivity index is 1.53. The minimum absolute atomic E-state index is 0.168. The van der Waals surface area contributed by atoms with E-state index in [1.165, 1.54) is 6.07 Å². The predicted octanol–water partition coefficient (Wildman–Crippen LogP) is 4.37. The maximum Gasteiger partial charge on any atom is 0.126 e. The quantitative estimate of drug-likeness (QED) is 0.651. The molecule has 1 saturated heterocycles. The summed E-state index contributed by atoms with van der Waals surface area (Å²) in [5.41, 5.74) is 2.69. The van der Waals surface area contributed by atoms with Gasteiger partial charge < -0.3 is 4.57 Å². The van der Waals surface area contributed by atoms with Crippen LogP contribution in [-0.4, -0.2) is 26.0 Å². The molecule has 0 aliphatic carbocycles. The number of aryl methyl sites for hydroxylation is 1. The Bertz CT molecular complexity index is 905. The molecule has 140 valence electrons. The average Bonchev–Trinajstić information content (AvgIpc) is 3.33. The lowest BCUT2D eigenvalue weighted by molar-refractivity contribution is 0.235. The first-order valence-electron chi connectivity index (χ1n) is 9.68. The fourth-order valence-corrected chi connectivity index (χ4v) is 3.93.